The Labute approximate surface area is 335 Å². The molecule has 4 heterocycles. The number of nitro groups is 1. The number of hydrazine groups is 1. The molecule has 0 atom stereocenters. The van der Waals surface area contributed by atoms with Crippen LogP contribution in [0.25, 0.3) is 0 Å². The van der Waals surface area contributed by atoms with Gasteiger partial charge in [0.1, 0.15) is 23.0 Å². The van der Waals surface area contributed by atoms with Gasteiger partial charge in [0.25, 0.3) is 5.69 Å². The summed E-state index contributed by atoms with van der Waals surface area (Å²) < 4.78 is 55.9. The number of halogens is 5. The van der Waals surface area contributed by atoms with E-state index in [2.05, 4.69) is 19.8 Å². The highest BCUT2D eigenvalue weighted by Crippen LogP contribution is 2.41. The zero-order valence-electron chi connectivity index (χ0n) is 31.6. The van der Waals surface area contributed by atoms with E-state index in [9.17, 15) is 23.3 Å². The van der Waals surface area contributed by atoms with Gasteiger partial charge in [0.15, 0.2) is 5.82 Å². The summed E-state index contributed by atoms with van der Waals surface area (Å²) >= 11 is 12.7. The van der Waals surface area contributed by atoms with Gasteiger partial charge in [-0.25, -0.2) is 9.97 Å². The Kier molecular flexibility index (Phi) is 13.5. The van der Waals surface area contributed by atoms with Crippen molar-refractivity contribution in [2.24, 2.45) is 0 Å². The second-order valence-electron chi connectivity index (χ2n) is 14.0. The first kappa shape index (κ1) is 41.3. The SMILES string of the molecule is CCOc1cc(CN2CCC(N(c3ccc([N+](=O)[O-])c(C)n3)N(c3ncccc3C(F)(F)F)C3CCN(Cc4ccc(Cl)c(OCC)c4)CC3)CC2)ccc1Cl. The smallest absolute Gasteiger partial charge is 0.420 e. The molecule has 2 aromatic heterocycles. The Morgan fingerprint density at radius 3 is 1.80 bits per heavy atom. The van der Waals surface area contributed by atoms with Crippen molar-refractivity contribution in [1.82, 2.24) is 19.8 Å². The molecule has 0 aliphatic carbocycles. The summed E-state index contributed by atoms with van der Waals surface area (Å²) in [5.74, 6) is 1.34. The van der Waals surface area contributed by atoms with E-state index in [1.54, 1.807) is 11.9 Å². The highest BCUT2D eigenvalue weighted by Gasteiger charge is 2.42. The van der Waals surface area contributed by atoms with Crippen molar-refractivity contribution < 1.29 is 27.6 Å². The summed E-state index contributed by atoms with van der Waals surface area (Å²) in [6.45, 7) is 10.1. The molecule has 0 spiro atoms. The summed E-state index contributed by atoms with van der Waals surface area (Å²) in [7, 11) is 0. The minimum absolute atomic E-state index is 0.165. The normalized spacial score (nSPS) is 16.1. The van der Waals surface area contributed by atoms with E-state index in [4.69, 9.17) is 32.7 Å². The first-order chi connectivity index (χ1) is 26.9. The zero-order valence-corrected chi connectivity index (χ0v) is 33.2. The fourth-order valence-electron chi connectivity index (χ4n) is 7.57. The topological polar surface area (TPSA) is 100 Å². The van der Waals surface area contributed by atoms with E-state index in [-0.39, 0.29) is 23.2 Å². The number of rotatable bonds is 14. The van der Waals surface area contributed by atoms with Crippen molar-refractivity contribution in [2.45, 2.75) is 77.8 Å². The predicted molar refractivity (Wildman–Crippen MR) is 212 cm³/mol. The van der Waals surface area contributed by atoms with Crippen LogP contribution in [-0.4, -0.2) is 76.2 Å². The molecule has 56 heavy (non-hydrogen) atoms. The summed E-state index contributed by atoms with van der Waals surface area (Å²) in [5, 5.41) is 16.4. The number of benzene rings is 2. The van der Waals surface area contributed by atoms with Crippen molar-refractivity contribution in [3.8, 4) is 11.5 Å². The number of likely N-dealkylation sites (tertiary alicyclic amines) is 2. The first-order valence-corrected chi connectivity index (χ1v) is 19.6. The van der Waals surface area contributed by atoms with Crippen molar-refractivity contribution in [3.05, 3.63) is 109 Å². The van der Waals surface area contributed by atoms with Crippen LogP contribution in [0.1, 0.15) is 61.9 Å². The molecular formula is C40H46Cl2F3N7O4. The molecule has 0 radical (unpaired) electrons. The van der Waals surface area contributed by atoms with E-state index >= 15 is 0 Å². The van der Waals surface area contributed by atoms with E-state index < -0.39 is 22.7 Å². The van der Waals surface area contributed by atoms with Gasteiger partial charge in [0.2, 0.25) is 0 Å². The maximum absolute atomic E-state index is 14.8. The molecular weight excluding hydrogens is 770 g/mol. The molecule has 6 rings (SSSR count). The van der Waals surface area contributed by atoms with Crippen molar-refractivity contribution in [1.29, 1.82) is 0 Å². The van der Waals surface area contributed by atoms with Gasteiger partial charge < -0.3 is 9.47 Å². The molecule has 2 aromatic carbocycles. The van der Waals surface area contributed by atoms with Crippen molar-refractivity contribution in [2.75, 3.05) is 49.4 Å². The molecule has 0 amide bonds. The molecule has 0 unspecified atom stereocenters. The van der Waals surface area contributed by atoms with Gasteiger partial charge in [-0.15, -0.1) is 0 Å². The third-order valence-corrected chi connectivity index (χ3v) is 10.8. The maximum atomic E-state index is 14.8. The highest BCUT2D eigenvalue weighted by molar-refractivity contribution is 6.32. The van der Waals surface area contributed by atoms with Crippen molar-refractivity contribution in [3.63, 3.8) is 0 Å². The van der Waals surface area contributed by atoms with E-state index in [0.29, 0.717) is 106 Å². The zero-order chi connectivity index (χ0) is 40.0. The molecule has 2 aliphatic rings. The molecule has 300 valence electrons. The van der Waals surface area contributed by atoms with Crippen LogP contribution in [-0.2, 0) is 19.3 Å². The van der Waals surface area contributed by atoms with Gasteiger partial charge in [-0.05, 0) is 100 Å². The summed E-state index contributed by atoms with van der Waals surface area (Å²) in [6, 6.07) is 16.0. The minimum atomic E-state index is -4.69. The number of hydrogen-bond donors (Lipinski definition) is 0. The fourth-order valence-corrected chi connectivity index (χ4v) is 7.92. The van der Waals surface area contributed by atoms with E-state index in [0.717, 1.165) is 17.2 Å². The van der Waals surface area contributed by atoms with Crippen LogP contribution in [0.4, 0.5) is 30.5 Å². The standard InChI is InChI=1S/C40H46Cl2F3N7O4/c1-4-55-36-23-28(8-10-33(36)41)25-48-19-14-30(15-20-48)50(38-13-12-35(52(53)54)27(3)47-38)51(39-32(40(43,44)45)7-6-18-46-39)31-16-21-49(22-17-31)26-29-9-11-34(42)37(24-29)56-5-2/h6-13,18,23-24,30-31H,4-5,14-17,19-22,25-26H2,1-3H3. The second-order valence-corrected chi connectivity index (χ2v) is 14.8. The van der Waals surface area contributed by atoms with E-state index in [1.165, 1.54) is 24.4 Å². The number of pyridine rings is 2. The quantitative estimate of drug-likeness (QED) is 0.0905. The van der Waals surface area contributed by atoms with Crippen LogP contribution in [0.15, 0.2) is 66.9 Å². The molecule has 16 heteroatoms. The molecule has 2 fully saturated rings. The van der Waals surface area contributed by atoms with Crippen LogP contribution in [0.5, 0.6) is 11.5 Å². The molecule has 2 aliphatic heterocycles. The highest BCUT2D eigenvalue weighted by atomic mass is 35.5. The number of aromatic nitrogens is 2. The largest absolute Gasteiger partial charge is 0.492 e. The Morgan fingerprint density at radius 1 is 0.821 bits per heavy atom. The van der Waals surface area contributed by atoms with Crippen LogP contribution in [0.2, 0.25) is 10.0 Å². The van der Waals surface area contributed by atoms with Crippen LogP contribution >= 0.6 is 23.2 Å². The summed E-state index contributed by atoms with van der Waals surface area (Å²) in [4.78, 5) is 25.0. The number of alkyl halides is 3. The van der Waals surface area contributed by atoms with Gasteiger partial charge in [-0.2, -0.15) is 13.2 Å². The average Bonchev–Trinajstić information content (AvgIpc) is 3.17. The molecule has 4 aromatic rings. The lowest BCUT2D eigenvalue weighted by atomic mass is 10.00. The molecule has 2 saturated heterocycles. The maximum Gasteiger partial charge on any atom is 0.420 e. The second kappa shape index (κ2) is 18.3. The summed E-state index contributed by atoms with van der Waals surface area (Å²) in [5.41, 5.74) is 1.19. The number of nitrogens with zero attached hydrogens (tertiary/aromatic N) is 7. The van der Waals surface area contributed by atoms with Gasteiger partial charge in [0, 0.05) is 51.5 Å². The number of aryl methyl sites for hydroxylation is 1. The monoisotopic (exact) mass is 815 g/mol. The Balaban J connectivity index is 1.32. The Morgan fingerprint density at radius 2 is 1.34 bits per heavy atom. The van der Waals surface area contributed by atoms with Crippen LogP contribution in [0.3, 0.4) is 0 Å². The Bertz CT molecular complexity index is 1970. The van der Waals surface area contributed by atoms with Crippen molar-refractivity contribution >= 4 is 40.5 Å². The average molecular weight is 817 g/mol. The number of anilines is 2. The lowest BCUT2D eigenvalue weighted by Gasteiger charge is -2.50. The van der Waals surface area contributed by atoms with Crippen LogP contribution < -0.4 is 19.5 Å². The molecule has 0 N–H and O–H groups in total. The number of ether oxygens (including phenoxy) is 2. The molecule has 0 bridgehead atoms. The lowest BCUT2D eigenvalue weighted by molar-refractivity contribution is -0.385. The predicted octanol–water partition coefficient (Wildman–Crippen LogP) is 9.37. The minimum Gasteiger partial charge on any atom is -0.492 e. The third-order valence-electron chi connectivity index (χ3n) is 10.2. The third kappa shape index (κ3) is 9.77. The first-order valence-electron chi connectivity index (χ1n) is 18.9. The fraction of sp³-hybridized carbons (Fsp3) is 0.450. The van der Waals surface area contributed by atoms with E-state index in [1.807, 2.05) is 55.3 Å². The number of hydrogen-bond acceptors (Lipinski definition) is 10. The number of piperidine rings is 2. The Hall–Kier alpha value is -4.37. The van der Waals surface area contributed by atoms with Gasteiger partial charge >= 0.3 is 6.18 Å². The summed E-state index contributed by atoms with van der Waals surface area (Å²) in [6.07, 6.45) is -1.08. The molecule has 11 nitrogen and oxygen atoms in total. The lowest BCUT2D eigenvalue weighted by Crippen LogP contribution is -2.59. The molecule has 0 saturated carbocycles. The van der Waals surface area contributed by atoms with Crippen LogP contribution in [0, 0.1) is 17.0 Å². The van der Waals surface area contributed by atoms with Gasteiger partial charge in [-0.3, -0.25) is 29.9 Å². The van der Waals surface area contributed by atoms with Gasteiger partial charge in [0.05, 0.1) is 45.8 Å². The van der Waals surface area contributed by atoms with Gasteiger partial charge in [-0.1, -0.05) is 35.3 Å².